The van der Waals surface area contributed by atoms with Crippen LogP contribution in [0.2, 0.25) is 0 Å². The van der Waals surface area contributed by atoms with Crippen molar-refractivity contribution in [3.05, 3.63) is 0 Å². The third kappa shape index (κ3) is 7.50. The van der Waals surface area contributed by atoms with Crippen LogP contribution < -0.4 is 0 Å². The molecule has 2 atom stereocenters. The van der Waals surface area contributed by atoms with E-state index in [4.69, 9.17) is 0 Å². The minimum atomic E-state index is -0.932. The lowest BCUT2D eigenvalue weighted by molar-refractivity contribution is 0.530. The van der Waals surface area contributed by atoms with Crippen molar-refractivity contribution in [2.24, 2.45) is 11.8 Å². The molecule has 0 heterocycles. The van der Waals surface area contributed by atoms with Gasteiger partial charge in [0.15, 0.2) is 0 Å². The summed E-state index contributed by atoms with van der Waals surface area (Å²) < 4.78 is 11.8. The van der Waals surface area contributed by atoms with Crippen LogP contribution in [0.4, 0.5) is 0 Å². The molecule has 14 heavy (non-hydrogen) atoms. The lowest BCUT2D eigenvalue weighted by Gasteiger charge is -2.05. The second-order valence-corrected chi connectivity index (χ2v) is 6.33. The first-order chi connectivity index (χ1) is 6.60. The van der Waals surface area contributed by atoms with E-state index in [0.717, 1.165) is 12.3 Å². The predicted molar refractivity (Wildman–Crippen MR) is 65.5 cm³/mol. The molecule has 0 aromatic heterocycles. The molecular weight excluding hydrogens is 191 g/mol. The molecule has 0 saturated heterocycles. The zero-order valence-corrected chi connectivity index (χ0v) is 11.1. The van der Waals surface area contributed by atoms with Crippen molar-refractivity contribution in [3.8, 4) is 0 Å². The molecule has 0 aromatic rings. The molecule has 0 bridgehead atoms. The molecule has 0 aliphatic rings. The van der Waals surface area contributed by atoms with Crippen molar-refractivity contribution >= 4 is 7.80 Å². The van der Waals surface area contributed by atoms with Gasteiger partial charge in [0.05, 0.1) is 0 Å². The van der Waals surface area contributed by atoms with Gasteiger partial charge in [-0.15, -0.1) is 0 Å². The maximum absolute atomic E-state index is 11.8. The van der Waals surface area contributed by atoms with Gasteiger partial charge in [0.1, 0.15) is 12.3 Å². The largest absolute Gasteiger partial charge is 0.339 e. The van der Waals surface area contributed by atoms with Gasteiger partial charge >= 0.3 is 7.80 Å². The van der Waals surface area contributed by atoms with Gasteiger partial charge in [0.25, 0.3) is 0 Å². The Labute approximate surface area is 90.5 Å². The lowest BCUT2D eigenvalue weighted by Crippen LogP contribution is -2.03. The Bertz CT molecular complexity index is 140. The van der Waals surface area contributed by atoms with E-state index in [1.807, 2.05) is 0 Å². The summed E-state index contributed by atoms with van der Waals surface area (Å²) >= 11 is 0. The molecule has 0 fully saturated rings. The van der Waals surface area contributed by atoms with Crippen LogP contribution in [-0.4, -0.2) is 12.3 Å². The van der Waals surface area contributed by atoms with Crippen molar-refractivity contribution in [3.63, 3.8) is 0 Å². The summed E-state index contributed by atoms with van der Waals surface area (Å²) in [4.78, 5) is 0. The fourth-order valence-corrected chi connectivity index (χ4v) is 3.84. The number of rotatable bonds is 8. The standard InChI is InChI=1S/C12H26OP/c1-5-7-11(3)9-14(13)10-12(4)8-6-2/h11-12H,5-10H2,1-4H3/q+1. The van der Waals surface area contributed by atoms with Gasteiger partial charge in [-0.2, -0.15) is 0 Å². The van der Waals surface area contributed by atoms with Crippen molar-refractivity contribution in [2.45, 2.75) is 53.4 Å². The van der Waals surface area contributed by atoms with Crippen molar-refractivity contribution in [1.29, 1.82) is 0 Å². The van der Waals surface area contributed by atoms with E-state index >= 15 is 0 Å². The number of hydrogen-bond acceptors (Lipinski definition) is 1. The summed E-state index contributed by atoms with van der Waals surface area (Å²) in [6.45, 7) is 8.84. The van der Waals surface area contributed by atoms with E-state index in [9.17, 15) is 4.57 Å². The maximum Gasteiger partial charge on any atom is 0.339 e. The van der Waals surface area contributed by atoms with E-state index in [0.29, 0.717) is 11.8 Å². The van der Waals surface area contributed by atoms with Gasteiger partial charge in [-0.25, -0.2) is 0 Å². The van der Waals surface area contributed by atoms with Crippen LogP contribution in [-0.2, 0) is 4.57 Å². The lowest BCUT2D eigenvalue weighted by atomic mass is 10.1. The SMILES string of the molecule is CCCC(C)C[P+](=O)CC(C)CCC. The van der Waals surface area contributed by atoms with Crippen molar-refractivity contribution in [1.82, 2.24) is 0 Å². The smallest absolute Gasteiger partial charge is 0.0748 e. The summed E-state index contributed by atoms with van der Waals surface area (Å²) in [7, 11) is -0.932. The average molecular weight is 217 g/mol. The molecule has 0 rings (SSSR count). The van der Waals surface area contributed by atoms with Crippen molar-refractivity contribution in [2.75, 3.05) is 12.3 Å². The van der Waals surface area contributed by atoms with E-state index in [1.54, 1.807) is 0 Å². The highest BCUT2D eigenvalue weighted by Crippen LogP contribution is 2.29. The Kier molecular flexibility index (Phi) is 8.47. The highest BCUT2D eigenvalue weighted by molar-refractivity contribution is 7.44. The van der Waals surface area contributed by atoms with Gasteiger partial charge in [-0.1, -0.05) is 45.1 Å². The van der Waals surface area contributed by atoms with Gasteiger partial charge < -0.3 is 0 Å². The van der Waals surface area contributed by atoms with E-state index in [-0.39, 0.29) is 0 Å². The van der Waals surface area contributed by atoms with Crippen LogP contribution in [0.25, 0.3) is 0 Å². The van der Waals surface area contributed by atoms with Crippen LogP contribution in [0.15, 0.2) is 0 Å². The van der Waals surface area contributed by atoms with E-state index in [1.165, 1.54) is 25.7 Å². The summed E-state index contributed by atoms with van der Waals surface area (Å²) in [6.07, 6.45) is 6.77. The molecule has 0 spiro atoms. The first-order valence-electron chi connectivity index (χ1n) is 6.02. The van der Waals surface area contributed by atoms with Crippen LogP contribution >= 0.6 is 7.80 Å². The van der Waals surface area contributed by atoms with Crippen LogP contribution in [0.5, 0.6) is 0 Å². The Morgan fingerprint density at radius 3 is 1.57 bits per heavy atom. The van der Waals surface area contributed by atoms with Gasteiger partial charge in [0, 0.05) is 0 Å². The summed E-state index contributed by atoms with van der Waals surface area (Å²) in [5.74, 6) is 1.30. The third-order valence-corrected chi connectivity index (χ3v) is 4.65. The molecule has 0 aliphatic heterocycles. The van der Waals surface area contributed by atoms with E-state index < -0.39 is 7.80 Å². The zero-order valence-electron chi connectivity index (χ0n) is 10.3. The Hall–Kier alpha value is 0.100. The first kappa shape index (κ1) is 14.1. The quantitative estimate of drug-likeness (QED) is 0.539. The normalized spacial score (nSPS) is 16.4. The second-order valence-electron chi connectivity index (χ2n) is 4.63. The molecule has 0 aliphatic carbocycles. The summed E-state index contributed by atoms with van der Waals surface area (Å²) in [6, 6.07) is 0. The predicted octanol–water partition coefficient (Wildman–Crippen LogP) is 4.69. The molecule has 0 amide bonds. The monoisotopic (exact) mass is 217 g/mol. The van der Waals surface area contributed by atoms with Crippen LogP contribution in [0.3, 0.4) is 0 Å². The molecular formula is C12H26OP+. The third-order valence-electron chi connectivity index (χ3n) is 2.59. The molecule has 0 N–H and O–H groups in total. The topological polar surface area (TPSA) is 17.1 Å². The molecule has 84 valence electrons. The highest BCUT2D eigenvalue weighted by Gasteiger charge is 2.21. The van der Waals surface area contributed by atoms with Crippen LogP contribution in [0.1, 0.15) is 53.4 Å². The fraction of sp³-hybridized carbons (Fsp3) is 1.00. The number of hydrogen-bond donors (Lipinski definition) is 0. The molecule has 1 nitrogen and oxygen atoms in total. The Morgan fingerprint density at radius 1 is 0.929 bits per heavy atom. The van der Waals surface area contributed by atoms with Gasteiger partial charge in [0.2, 0.25) is 0 Å². The fourth-order valence-electron chi connectivity index (χ4n) is 1.94. The maximum atomic E-state index is 11.8. The zero-order chi connectivity index (χ0) is 11.0. The minimum absolute atomic E-state index is 0.650. The summed E-state index contributed by atoms with van der Waals surface area (Å²) in [5, 5.41) is 0. The Morgan fingerprint density at radius 2 is 1.29 bits per heavy atom. The van der Waals surface area contributed by atoms with Gasteiger partial charge in [-0.05, 0) is 24.7 Å². The summed E-state index contributed by atoms with van der Waals surface area (Å²) in [5.41, 5.74) is 0. The average Bonchev–Trinajstić information content (AvgIpc) is 2.03. The van der Waals surface area contributed by atoms with Crippen molar-refractivity contribution < 1.29 is 4.57 Å². The first-order valence-corrected chi connectivity index (χ1v) is 7.65. The Balaban J connectivity index is 3.63. The molecule has 2 unspecified atom stereocenters. The molecule has 0 radical (unpaired) electrons. The molecule has 0 saturated carbocycles. The minimum Gasteiger partial charge on any atom is -0.0748 e. The van der Waals surface area contributed by atoms with Crippen LogP contribution in [0, 0.1) is 11.8 Å². The highest BCUT2D eigenvalue weighted by atomic mass is 31.1. The van der Waals surface area contributed by atoms with Gasteiger partial charge in [-0.3, -0.25) is 0 Å². The molecule has 2 heteroatoms. The molecule has 0 aromatic carbocycles. The second kappa shape index (κ2) is 8.41. The van der Waals surface area contributed by atoms with E-state index in [2.05, 4.69) is 27.7 Å².